The number of carbonyl (C=O) groups excluding carboxylic acids is 1. The number of aliphatic carboxylic acids is 1. The molecule has 0 saturated heterocycles. The Kier molecular flexibility index (Phi) is 7.24. The van der Waals surface area contributed by atoms with E-state index in [0.717, 1.165) is 5.56 Å². The Morgan fingerprint density at radius 1 is 1.19 bits per heavy atom. The average molecular weight is 374 g/mol. The van der Waals surface area contributed by atoms with E-state index in [4.69, 9.17) is 16.3 Å². The molecule has 1 atom stereocenters. The van der Waals surface area contributed by atoms with Crippen molar-refractivity contribution in [3.63, 3.8) is 0 Å². The van der Waals surface area contributed by atoms with Crippen LogP contribution in [0.5, 0.6) is 5.75 Å². The Morgan fingerprint density at radius 3 is 2.54 bits per heavy atom. The zero-order valence-corrected chi connectivity index (χ0v) is 14.9. The van der Waals surface area contributed by atoms with Gasteiger partial charge >= 0.3 is 5.97 Å². The average Bonchev–Trinajstić information content (AvgIpc) is 2.61. The van der Waals surface area contributed by atoms with Crippen LogP contribution >= 0.6 is 11.6 Å². The molecule has 136 valence electrons. The van der Waals surface area contributed by atoms with Crippen molar-refractivity contribution in [3.05, 3.63) is 77.3 Å². The second-order valence-corrected chi connectivity index (χ2v) is 6.10. The van der Waals surface area contributed by atoms with Gasteiger partial charge in [-0.3, -0.25) is 4.79 Å². The third-order valence-electron chi connectivity index (χ3n) is 3.63. The lowest BCUT2D eigenvalue weighted by atomic mass is 10.1. The van der Waals surface area contributed by atoms with Crippen LogP contribution in [0.3, 0.4) is 0 Å². The summed E-state index contributed by atoms with van der Waals surface area (Å²) in [6, 6.07) is 13.2. The fraction of sp³-hybridized carbons (Fsp3) is 0.200. The highest BCUT2D eigenvalue weighted by Gasteiger charge is 2.20. The van der Waals surface area contributed by atoms with Gasteiger partial charge in [-0.25, -0.2) is 4.79 Å². The van der Waals surface area contributed by atoms with Crippen LogP contribution in [0.4, 0.5) is 0 Å². The van der Waals surface area contributed by atoms with Crippen molar-refractivity contribution < 1.29 is 19.4 Å². The summed E-state index contributed by atoms with van der Waals surface area (Å²) in [7, 11) is 0. The first-order chi connectivity index (χ1) is 12.5. The van der Waals surface area contributed by atoms with Crippen LogP contribution in [-0.4, -0.2) is 29.6 Å². The summed E-state index contributed by atoms with van der Waals surface area (Å²) in [5.41, 5.74) is 1.51. The first-order valence-corrected chi connectivity index (χ1v) is 8.45. The Labute approximate surface area is 157 Å². The van der Waals surface area contributed by atoms with Gasteiger partial charge in [0.15, 0.2) is 0 Å². The number of carboxylic acid groups (broad SMARTS) is 1. The molecule has 6 heteroatoms. The number of carboxylic acids is 1. The maximum atomic E-state index is 12.2. The Hall–Kier alpha value is -2.79. The Morgan fingerprint density at radius 2 is 1.92 bits per heavy atom. The summed E-state index contributed by atoms with van der Waals surface area (Å²) in [6.07, 6.45) is 1.85. The molecular weight excluding hydrogens is 354 g/mol. The summed E-state index contributed by atoms with van der Waals surface area (Å²) in [6.45, 7) is 3.90. The first kappa shape index (κ1) is 19.5. The quantitative estimate of drug-likeness (QED) is 0.661. The number of nitrogens with one attached hydrogen (secondary N) is 1. The number of hydrogen-bond donors (Lipinski definition) is 2. The predicted molar refractivity (Wildman–Crippen MR) is 101 cm³/mol. The fourth-order valence-corrected chi connectivity index (χ4v) is 2.66. The fourth-order valence-electron chi connectivity index (χ4n) is 2.40. The number of hydrogen-bond acceptors (Lipinski definition) is 3. The molecular formula is C20H20ClNO4. The summed E-state index contributed by atoms with van der Waals surface area (Å²) in [5.74, 6) is -0.958. The third kappa shape index (κ3) is 5.93. The van der Waals surface area contributed by atoms with Crippen molar-refractivity contribution in [3.8, 4) is 5.75 Å². The second kappa shape index (κ2) is 9.63. The zero-order valence-electron chi connectivity index (χ0n) is 14.2. The van der Waals surface area contributed by atoms with Gasteiger partial charge in [-0.1, -0.05) is 60.7 Å². The Balaban J connectivity index is 1.98. The summed E-state index contributed by atoms with van der Waals surface area (Å²) in [5, 5.41) is 12.3. The molecule has 0 heterocycles. The van der Waals surface area contributed by atoms with Crippen LogP contribution < -0.4 is 10.1 Å². The molecule has 0 aromatic heterocycles. The van der Waals surface area contributed by atoms with E-state index in [1.54, 1.807) is 24.3 Å². The molecule has 2 rings (SSSR count). The van der Waals surface area contributed by atoms with Crippen LogP contribution in [0.15, 0.2) is 61.2 Å². The summed E-state index contributed by atoms with van der Waals surface area (Å²) in [4.78, 5) is 23.7. The normalized spacial score (nSPS) is 11.4. The monoisotopic (exact) mass is 373 g/mol. The van der Waals surface area contributed by atoms with Crippen LogP contribution in [0.2, 0.25) is 5.02 Å². The zero-order chi connectivity index (χ0) is 18.9. The topological polar surface area (TPSA) is 75.6 Å². The van der Waals surface area contributed by atoms with Gasteiger partial charge in [-0.2, -0.15) is 0 Å². The molecule has 0 saturated carbocycles. The van der Waals surface area contributed by atoms with E-state index in [0.29, 0.717) is 22.9 Å². The molecule has 2 N–H and O–H groups in total. The van der Waals surface area contributed by atoms with Crippen molar-refractivity contribution in [2.75, 3.05) is 6.61 Å². The lowest BCUT2D eigenvalue weighted by Crippen LogP contribution is -2.43. The molecule has 0 unspecified atom stereocenters. The van der Waals surface area contributed by atoms with E-state index >= 15 is 0 Å². The van der Waals surface area contributed by atoms with Gasteiger partial charge in [0.05, 0.1) is 11.4 Å². The van der Waals surface area contributed by atoms with Gasteiger partial charge in [0.1, 0.15) is 18.4 Å². The highest BCUT2D eigenvalue weighted by Crippen LogP contribution is 2.25. The largest absolute Gasteiger partial charge is 0.488 e. The van der Waals surface area contributed by atoms with Gasteiger partial charge in [-0.05, 0) is 23.3 Å². The highest BCUT2D eigenvalue weighted by molar-refractivity contribution is 6.32. The van der Waals surface area contributed by atoms with E-state index < -0.39 is 12.0 Å². The van der Waals surface area contributed by atoms with Gasteiger partial charge in [0.2, 0.25) is 5.91 Å². The molecule has 0 aliphatic carbocycles. The molecule has 1 amide bonds. The van der Waals surface area contributed by atoms with E-state index in [9.17, 15) is 14.7 Å². The maximum absolute atomic E-state index is 12.2. The number of benzene rings is 2. The van der Waals surface area contributed by atoms with Crippen LogP contribution in [0.25, 0.3) is 0 Å². The van der Waals surface area contributed by atoms with E-state index in [1.165, 1.54) is 0 Å². The molecule has 5 nitrogen and oxygen atoms in total. The molecule has 0 spiro atoms. The van der Waals surface area contributed by atoms with E-state index in [2.05, 4.69) is 11.9 Å². The SMILES string of the molecule is C=CCOc1ccc(CC(=O)N[C@@H](Cc2ccccc2)C(=O)O)cc1Cl. The van der Waals surface area contributed by atoms with Crippen molar-refractivity contribution in [1.29, 1.82) is 0 Å². The van der Waals surface area contributed by atoms with Gasteiger partial charge in [0, 0.05) is 6.42 Å². The van der Waals surface area contributed by atoms with Crippen LogP contribution in [-0.2, 0) is 22.4 Å². The Bertz CT molecular complexity index is 777. The van der Waals surface area contributed by atoms with Gasteiger partial charge in [0.25, 0.3) is 0 Å². The van der Waals surface area contributed by atoms with Crippen molar-refractivity contribution in [2.45, 2.75) is 18.9 Å². The smallest absolute Gasteiger partial charge is 0.326 e. The number of amides is 1. The van der Waals surface area contributed by atoms with E-state index in [1.807, 2.05) is 30.3 Å². The molecule has 2 aromatic rings. The number of rotatable bonds is 9. The summed E-state index contributed by atoms with van der Waals surface area (Å²) < 4.78 is 5.38. The van der Waals surface area contributed by atoms with Crippen molar-refractivity contribution in [1.82, 2.24) is 5.32 Å². The standard InChI is InChI=1S/C20H20ClNO4/c1-2-10-26-18-9-8-15(11-16(18)21)13-19(23)22-17(20(24)25)12-14-6-4-3-5-7-14/h2-9,11,17H,1,10,12-13H2,(H,22,23)(H,24,25)/t17-/m0/s1. The lowest BCUT2D eigenvalue weighted by Gasteiger charge is -2.15. The lowest BCUT2D eigenvalue weighted by molar-refractivity contribution is -0.141. The molecule has 26 heavy (non-hydrogen) atoms. The third-order valence-corrected chi connectivity index (χ3v) is 3.93. The van der Waals surface area contributed by atoms with Gasteiger partial charge in [-0.15, -0.1) is 0 Å². The number of ether oxygens (including phenoxy) is 1. The maximum Gasteiger partial charge on any atom is 0.326 e. The van der Waals surface area contributed by atoms with E-state index in [-0.39, 0.29) is 18.7 Å². The minimum atomic E-state index is -1.08. The molecule has 0 aliphatic rings. The second-order valence-electron chi connectivity index (χ2n) is 5.69. The minimum absolute atomic E-state index is 0.0278. The first-order valence-electron chi connectivity index (χ1n) is 8.08. The number of carbonyl (C=O) groups is 2. The van der Waals surface area contributed by atoms with Gasteiger partial charge < -0.3 is 15.2 Å². The highest BCUT2D eigenvalue weighted by atomic mass is 35.5. The minimum Gasteiger partial charge on any atom is -0.488 e. The molecule has 0 fully saturated rings. The molecule has 2 aromatic carbocycles. The van der Waals surface area contributed by atoms with Crippen molar-refractivity contribution >= 4 is 23.5 Å². The number of halogens is 1. The van der Waals surface area contributed by atoms with Crippen LogP contribution in [0, 0.1) is 0 Å². The van der Waals surface area contributed by atoms with Crippen LogP contribution in [0.1, 0.15) is 11.1 Å². The molecule has 0 bridgehead atoms. The molecule has 0 aliphatic heterocycles. The van der Waals surface area contributed by atoms with Crippen molar-refractivity contribution in [2.24, 2.45) is 0 Å². The predicted octanol–water partition coefficient (Wildman–Crippen LogP) is 3.26. The molecule has 0 radical (unpaired) electrons. The summed E-state index contributed by atoms with van der Waals surface area (Å²) >= 11 is 6.13.